The number of carbonyl (C=O) groups is 1. The van der Waals surface area contributed by atoms with Crippen LogP contribution in [0.1, 0.15) is 45.4 Å². The quantitative estimate of drug-likeness (QED) is 0.574. The molecule has 0 aromatic heterocycles. The topological polar surface area (TPSA) is 46.5 Å². The summed E-state index contributed by atoms with van der Waals surface area (Å²) in [7, 11) is 0. The fraction of sp³-hybridized carbons (Fsp3) is 0.750. The maximum atomic E-state index is 11.3. The van der Waals surface area contributed by atoms with E-state index >= 15 is 0 Å². The predicted molar refractivity (Wildman–Crippen MR) is 58.4 cm³/mol. The first kappa shape index (κ1) is 12.2. The van der Waals surface area contributed by atoms with E-state index in [2.05, 4.69) is 6.58 Å². The van der Waals surface area contributed by atoms with Crippen molar-refractivity contribution < 1.29 is 14.6 Å². The Hall–Kier alpha value is -0.830. The zero-order chi connectivity index (χ0) is 11.3. The van der Waals surface area contributed by atoms with E-state index in [4.69, 9.17) is 4.74 Å². The molecule has 1 aliphatic rings. The average molecular weight is 212 g/mol. The third kappa shape index (κ3) is 3.67. The fourth-order valence-electron chi connectivity index (χ4n) is 2.09. The number of hydrogen-bond donors (Lipinski definition) is 1. The third-order valence-electron chi connectivity index (χ3n) is 2.89. The molecule has 0 aromatic rings. The van der Waals surface area contributed by atoms with Gasteiger partial charge in [-0.1, -0.05) is 25.8 Å². The van der Waals surface area contributed by atoms with Crippen LogP contribution in [0.4, 0.5) is 0 Å². The highest BCUT2D eigenvalue weighted by Crippen LogP contribution is 2.33. The predicted octanol–water partition coefficient (Wildman–Crippen LogP) is 2.19. The van der Waals surface area contributed by atoms with Gasteiger partial charge in [-0.05, 0) is 19.8 Å². The molecular formula is C12H20O3. The van der Waals surface area contributed by atoms with E-state index in [1.165, 1.54) is 6.42 Å². The van der Waals surface area contributed by atoms with E-state index in [0.717, 1.165) is 25.7 Å². The van der Waals surface area contributed by atoms with Crippen LogP contribution < -0.4 is 0 Å². The Balaban J connectivity index is 2.45. The minimum atomic E-state index is -0.720. The standard InChI is InChI=1S/C12H20O3/c1-3-15-11(13)10(2)9-12(14)7-5-4-6-8-12/h14H,2-9H2,1H3. The molecular weight excluding hydrogens is 192 g/mol. The summed E-state index contributed by atoms with van der Waals surface area (Å²) < 4.78 is 4.84. The van der Waals surface area contributed by atoms with Crippen molar-refractivity contribution in [1.29, 1.82) is 0 Å². The Morgan fingerprint density at radius 3 is 2.53 bits per heavy atom. The largest absolute Gasteiger partial charge is 0.463 e. The van der Waals surface area contributed by atoms with Gasteiger partial charge in [0.2, 0.25) is 0 Å². The van der Waals surface area contributed by atoms with Crippen LogP contribution in [0.25, 0.3) is 0 Å². The lowest BCUT2D eigenvalue weighted by Gasteiger charge is -2.32. The first-order valence-corrected chi connectivity index (χ1v) is 5.65. The maximum absolute atomic E-state index is 11.3. The van der Waals surface area contributed by atoms with Crippen molar-refractivity contribution in [2.45, 2.75) is 51.0 Å². The third-order valence-corrected chi connectivity index (χ3v) is 2.89. The molecule has 1 rings (SSSR count). The molecule has 1 N–H and O–H groups in total. The zero-order valence-corrected chi connectivity index (χ0v) is 9.42. The molecule has 0 aromatic carbocycles. The summed E-state index contributed by atoms with van der Waals surface area (Å²) in [6.45, 7) is 5.80. The van der Waals surface area contributed by atoms with Crippen LogP contribution in [0.5, 0.6) is 0 Å². The van der Waals surface area contributed by atoms with Crippen LogP contribution in [-0.2, 0) is 9.53 Å². The molecule has 15 heavy (non-hydrogen) atoms. The summed E-state index contributed by atoms with van der Waals surface area (Å²) >= 11 is 0. The van der Waals surface area contributed by atoms with E-state index in [0.29, 0.717) is 18.6 Å². The normalized spacial score (nSPS) is 19.6. The van der Waals surface area contributed by atoms with Gasteiger partial charge in [0.1, 0.15) is 0 Å². The van der Waals surface area contributed by atoms with Gasteiger partial charge in [0.15, 0.2) is 0 Å². The van der Waals surface area contributed by atoms with Crippen LogP contribution >= 0.6 is 0 Å². The number of aliphatic hydroxyl groups is 1. The van der Waals surface area contributed by atoms with E-state index in [9.17, 15) is 9.90 Å². The molecule has 0 saturated heterocycles. The highest BCUT2D eigenvalue weighted by Gasteiger charge is 2.31. The second kappa shape index (κ2) is 5.31. The number of hydrogen-bond acceptors (Lipinski definition) is 3. The van der Waals surface area contributed by atoms with Crippen molar-refractivity contribution in [3.05, 3.63) is 12.2 Å². The number of carbonyl (C=O) groups excluding carboxylic acids is 1. The van der Waals surface area contributed by atoms with E-state index in [1.54, 1.807) is 6.92 Å². The van der Waals surface area contributed by atoms with Crippen LogP contribution in [0, 0.1) is 0 Å². The second-order valence-corrected chi connectivity index (χ2v) is 4.29. The summed E-state index contributed by atoms with van der Waals surface area (Å²) in [6.07, 6.45) is 5.14. The Morgan fingerprint density at radius 1 is 1.40 bits per heavy atom. The van der Waals surface area contributed by atoms with Gasteiger partial charge in [-0.25, -0.2) is 4.79 Å². The lowest BCUT2D eigenvalue weighted by Crippen LogP contribution is -2.32. The molecule has 1 aliphatic carbocycles. The first-order valence-electron chi connectivity index (χ1n) is 5.65. The minimum absolute atomic E-state index is 0.353. The van der Waals surface area contributed by atoms with Crippen molar-refractivity contribution in [2.24, 2.45) is 0 Å². The lowest BCUT2D eigenvalue weighted by atomic mass is 9.81. The van der Waals surface area contributed by atoms with E-state index in [-0.39, 0.29) is 5.97 Å². The average Bonchev–Trinajstić information content (AvgIpc) is 2.18. The number of rotatable bonds is 4. The SMILES string of the molecule is C=C(CC1(O)CCCCC1)C(=O)OCC. The van der Waals surface area contributed by atoms with Crippen molar-refractivity contribution in [1.82, 2.24) is 0 Å². The Labute approximate surface area is 91.1 Å². The molecule has 86 valence electrons. The Bertz CT molecular complexity index is 239. The monoisotopic (exact) mass is 212 g/mol. The summed E-state index contributed by atoms with van der Waals surface area (Å²) in [4.78, 5) is 11.3. The van der Waals surface area contributed by atoms with Gasteiger partial charge in [-0.15, -0.1) is 0 Å². The van der Waals surface area contributed by atoms with Crippen LogP contribution in [0.15, 0.2) is 12.2 Å². The summed E-state index contributed by atoms with van der Waals surface area (Å²) in [5.74, 6) is -0.378. The number of esters is 1. The van der Waals surface area contributed by atoms with E-state index < -0.39 is 5.60 Å². The van der Waals surface area contributed by atoms with Crippen LogP contribution in [0.3, 0.4) is 0 Å². The Morgan fingerprint density at radius 2 is 2.00 bits per heavy atom. The van der Waals surface area contributed by atoms with Gasteiger partial charge < -0.3 is 9.84 Å². The molecule has 1 saturated carbocycles. The molecule has 3 nitrogen and oxygen atoms in total. The van der Waals surface area contributed by atoms with Gasteiger partial charge in [-0.3, -0.25) is 0 Å². The van der Waals surface area contributed by atoms with Gasteiger partial charge in [0, 0.05) is 12.0 Å². The smallest absolute Gasteiger partial charge is 0.333 e. The second-order valence-electron chi connectivity index (χ2n) is 4.29. The minimum Gasteiger partial charge on any atom is -0.463 e. The molecule has 0 atom stereocenters. The fourth-order valence-corrected chi connectivity index (χ4v) is 2.09. The van der Waals surface area contributed by atoms with Gasteiger partial charge in [0.05, 0.1) is 12.2 Å². The summed E-state index contributed by atoms with van der Waals surface area (Å²) in [6, 6.07) is 0. The zero-order valence-electron chi connectivity index (χ0n) is 9.42. The van der Waals surface area contributed by atoms with Crippen molar-refractivity contribution in [3.8, 4) is 0 Å². The van der Waals surface area contributed by atoms with Crippen LogP contribution in [0.2, 0.25) is 0 Å². The van der Waals surface area contributed by atoms with Crippen molar-refractivity contribution in [2.75, 3.05) is 6.61 Å². The molecule has 0 unspecified atom stereocenters. The lowest BCUT2D eigenvalue weighted by molar-refractivity contribution is -0.139. The van der Waals surface area contributed by atoms with Gasteiger partial charge in [-0.2, -0.15) is 0 Å². The van der Waals surface area contributed by atoms with Crippen molar-refractivity contribution >= 4 is 5.97 Å². The molecule has 0 radical (unpaired) electrons. The molecule has 1 fully saturated rings. The van der Waals surface area contributed by atoms with Crippen LogP contribution in [-0.4, -0.2) is 23.3 Å². The molecule has 3 heteroatoms. The molecule has 0 heterocycles. The molecule has 0 bridgehead atoms. The van der Waals surface area contributed by atoms with Crippen molar-refractivity contribution in [3.63, 3.8) is 0 Å². The maximum Gasteiger partial charge on any atom is 0.333 e. The van der Waals surface area contributed by atoms with Gasteiger partial charge >= 0.3 is 5.97 Å². The highest BCUT2D eigenvalue weighted by molar-refractivity contribution is 5.87. The molecule has 0 aliphatic heterocycles. The molecule has 0 amide bonds. The number of ether oxygens (including phenoxy) is 1. The van der Waals surface area contributed by atoms with Gasteiger partial charge in [0.25, 0.3) is 0 Å². The van der Waals surface area contributed by atoms with E-state index in [1.807, 2.05) is 0 Å². The summed E-state index contributed by atoms with van der Waals surface area (Å²) in [5.41, 5.74) is -0.330. The summed E-state index contributed by atoms with van der Waals surface area (Å²) in [5, 5.41) is 10.2. The first-order chi connectivity index (χ1) is 7.07. The molecule has 0 spiro atoms. The highest BCUT2D eigenvalue weighted by atomic mass is 16.5. The Kier molecular flexibility index (Phi) is 4.33.